The number of hydrogen-bond acceptors (Lipinski definition) is 3. The van der Waals surface area contributed by atoms with Gasteiger partial charge in [-0.2, -0.15) is 13.2 Å². The molecule has 1 heterocycles. The van der Waals surface area contributed by atoms with E-state index in [0.29, 0.717) is 0 Å². The second-order valence-corrected chi connectivity index (χ2v) is 2.18. The molecule has 0 atom stereocenters. The summed E-state index contributed by atoms with van der Waals surface area (Å²) < 4.78 is 36.8. The number of aryl methyl sites for hydroxylation is 1. The van der Waals surface area contributed by atoms with Gasteiger partial charge in [-0.25, -0.2) is 4.98 Å². The van der Waals surface area contributed by atoms with Crippen molar-refractivity contribution < 1.29 is 13.2 Å². The predicted octanol–water partition coefficient (Wildman–Crippen LogP) is 0.714. The maximum absolute atomic E-state index is 11.9. The van der Waals surface area contributed by atoms with Gasteiger partial charge in [0.15, 0.2) is 0 Å². The maximum atomic E-state index is 11.9. The average molecular weight is 217 g/mol. The molecule has 13 heavy (non-hydrogen) atoms. The highest BCUT2D eigenvalue weighted by atomic mass is 35.5. The van der Waals surface area contributed by atoms with Gasteiger partial charge in [0.25, 0.3) is 5.82 Å². The van der Waals surface area contributed by atoms with Crippen LogP contribution in [0.15, 0.2) is 0 Å². The van der Waals surface area contributed by atoms with Crippen molar-refractivity contribution in [3.63, 3.8) is 0 Å². The second kappa shape index (κ2) is 3.93. The molecule has 2 N–H and O–H groups in total. The lowest BCUT2D eigenvalue weighted by molar-refractivity contribution is -0.145. The number of hydrogen-bond donors (Lipinski definition) is 1. The quantitative estimate of drug-likeness (QED) is 0.753. The third kappa shape index (κ3) is 2.56. The van der Waals surface area contributed by atoms with Crippen molar-refractivity contribution in [3.8, 4) is 0 Å². The summed E-state index contributed by atoms with van der Waals surface area (Å²) in [5, 5.41) is 3.15. The van der Waals surface area contributed by atoms with Gasteiger partial charge in [0.05, 0.1) is 6.54 Å². The molecule has 0 aliphatic heterocycles. The van der Waals surface area contributed by atoms with Crippen LogP contribution in [0.3, 0.4) is 0 Å². The van der Waals surface area contributed by atoms with Gasteiger partial charge in [-0.1, -0.05) is 0 Å². The minimum absolute atomic E-state index is 0. The van der Waals surface area contributed by atoms with Crippen molar-refractivity contribution in [1.29, 1.82) is 0 Å². The zero-order chi connectivity index (χ0) is 9.35. The molecule has 4 nitrogen and oxygen atoms in total. The number of aromatic nitrogens is 3. The fraction of sp³-hybridized carbons (Fsp3) is 0.600. The van der Waals surface area contributed by atoms with Crippen LogP contribution in [0.1, 0.15) is 11.6 Å². The predicted molar refractivity (Wildman–Crippen MR) is 41.1 cm³/mol. The van der Waals surface area contributed by atoms with Gasteiger partial charge in [-0.3, -0.25) is 4.68 Å². The number of rotatable bonds is 1. The fourth-order valence-corrected chi connectivity index (χ4v) is 0.715. The molecule has 0 radical (unpaired) electrons. The van der Waals surface area contributed by atoms with E-state index in [0.717, 1.165) is 4.68 Å². The summed E-state index contributed by atoms with van der Waals surface area (Å²) in [6.07, 6.45) is -4.49. The Kier molecular flexibility index (Phi) is 3.68. The highest BCUT2D eigenvalue weighted by Crippen LogP contribution is 2.25. The Balaban J connectivity index is 0.00000144. The monoisotopic (exact) mass is 216 g/mol. The van der Waals surface area contributed by atoms with Gasteiger partial charge >= 0.3 is 6.18 Å². The van der Waals surface area contributed by atoms with Crippen molar-refractivity contribution in [2.75, 3.05) is 0 Å². The summed E-state index contributed by atoms with van der Waals surface area (Å²) in [6, 6.07) is 0. The highest BCUT2D eigenvalue weighted by molar-refractivity contribution is 5.85. The van der Waals surface area contributed by atoms with Gasteiger partial charge in [0.2, 0.25) is 0 Å². The van der Waals surface area contributed by atoms with E-state index < -0.39 is 12.0 Å². The number of nitrogens with two attached hydrogens (primary N) is 1. The minimum atomic E-state index is -4.49. The zero-order valence-corrected chi connectivity index (χ0v) is 7.48. The third-order valence-corrected chi connectivity index (χ3v) is 1.29. The zero-order valence-electron chi connectivity index (χ0n) is 6.67. The highest BCUT2D eigenvalue weighted by Gasteiger charge is 2.36. The van der Waals surface area contributed by atoms with Gasteiger partial charge in [0.1, 0.15) is 5.82 Å². The third-order valence-electron chi connectivity index (χ3n) is 1.29. The number of halogens is 4. The summed E-state index contributed by atoms with van der Waals surface area (Å²) >= 11 is 0. The van der Waals surface area contributed by atoms with Crippen LogP contribution in [-0.2, 0) is 19.8 Å². The molecule has 0 amide bonds. The molecule has 1 aromatic rings. The summed E-state index contributed by atoms with van der Waals surface area (Å²) in [5.74, 6) is -1.03. The van der Waals surface area contributed by atoms with Gasteiger partial charge in [-0.15, -0.1) is 17.5 Å². The Bertz CT molecular complexity index is 282. The lowest BCUT2D eigenvalue weighted by Crippen LogP contribution is -2.08. The first kappa shape index (κ1) is 12.2. The summed E-state index contributed by atoms with van der Waals surface area (Å²) in [4.78, 5) is 3.20. The first-order chi connectivity index (χ1) is 5.45. The molecule has 0 saturated heterocycles. The Morgan fingerprint density at radius 1 is 1.46 bits per heavy atom. The average Bonchev–Trinajstić information content (AvgIpc) is 2.29. The lowest BCUT2D eigenvalue weighted by Gasteiger charge is -1.97. The van der Waals surface area contributed by atoms with E-state index in [1.165, 1.54) is 7.05 Å². The topological polar surface area (TPSA) is 56.7 Å². The molecule has 8 heteroatoms. The van der Waals surface area contributed by atoms with E-state index in [4.69, 9.17) is 5.73 Å². The van der Waals surface area contributed by atoms with E-state index in [2.05, 4.69) is 10.1 Å². The van der Waals surface area contributed by atoms with Gasteiger partial charge < -0.3 is 5.73 Å². The molecule has 0 saturated carbocycles. The molecule has 0 aliphatic carbocycles. The molecule has 0 fully saturated rings. The van der Waals surface area contributed by atoms with E-state index in [-0.39, 0.29) is 24.8 Å². The number of alkyl halides is 3. The van der Waals surface area contributed by atoms with E-state index in [9.17, 15) is 13.2 Å². The van der Waals surface area contributed by atoms with Crippen LogP contribution in [0.5, 0.6) is 0 Å². The molecule has 0 aromatic carbocycles. The van der Waals surface area contributed by atoms with Crippen molar-refractivity contribution in [1.82, 2.24) is 14.8 Å². The normalized spacial score (nSPS) is 11.2. The largest absolute Gasteiger partial charge is 0.453 e. The Hall–Kier alpha value is -0.820. The van der Waals surface area contributed by atoms with Crippen molar-refractivity contribution in [2.24, 2.45) is 12.8 Å². The molecule has 1 aromatic heterocycles. The van der Waals surface area contributed by atoms with Crippen molar-refractivity contribution >= 4 is 12.4 Å². The Labute approximate surface area is 78.3 Å². The molecule has 0 spiro atoms. The SMILES string of the molecule is Cl.Cn1nc(C(F)(F)F)nc1CN. The Morgan fingerprint density at radius 2 is 2.00 bits per heavy atom. The summed E-state index contributed by atoms with van der Waals surface area (Å²) in [7, 11) is 1.37. The van der Waals surface area contributed by atoms with Crippen LogP contribution in [0.4, 0.5) is 13.2 Å². The summed E-state index contributed by atoms with van der Waals surface area (Å²) in [6.45, 7) is -0.0560. The lowest BCUT2D eigenvalue weighted by atomic mass is 10.6. The van der Waals surface area contributed by atoms with E-state index >= 15 is 0 Å². The molecule has 76 valence electrons. The van der Waals surface area contributed by atoms with Crippen molar-refractivity contribution in [3.05, 3.63) is 11.6 Å². The molecule has 0 bridgehead atoms. The van der Waals surface area contributed by atoms with Crippen LogP contribution in [0.2, 0.25) is 0 Å². The molecule has 0 unspecified atom stereocenters. The molecular formula is C5H8ClF3N4. The van der Waals surface area contributed by atoms with E-state index in [1.807, 2.05) is 0 Å². The van der Waals surface area contributed by atoms with Crippen LogP contribution in [0.25, 0.3) is 0 Å². The van der Waals surface area contributed by atoms with Gasteiger partial charge in [0, 0.05) is 7.05 Å². The Morgan fingerprint density at radius 3 is 2.23 bits per heavy atom. The number of nitrogens with zero attached hydrogens (tertiary/aromatic N) is 3. The minimum Gasteiger partial charge on any atom is -0.324 e. The van der Waals surface area contributed by atoms with E-state index in [1.54, 1.807) is 0 Å². The summed E-state index contributed by atoms with van der Waals surface area (Å²) in [5.41, 5.74) is 5.12. The van der Waals surface area contributed by atoms with Gasteiger partial charge in [-0.05, 0) is 0 Å². The first-order valence-electron chi connectivity index (χ1n) is 3.12. The molecule has 0 aliphatic rings. The fourth-order valence-electron chi connectivity index (χ4n) is 0.715. The maximum Gasteiger partial charge on any atom is 0.453 e. The second-order valence-electron chi connectivity index (χ2n) is 2.18. The van der Waals surface area contributed by atoms with Crippen LogP contribution in [-0.4, -0.2) is 14.8 Å². The molecular weight excluding hydrogens is 209 g/mol. The molecule has 1 rings (SSSR count). The van der Waals surface area contributed by atoms with Crippen molar-refractivity contribution in [2.45, 2.75) is 12.7 Å². The van der Waals surface area contributed by atoms with Crippen LogP contribution >= 0.6 is 12.4 Å². The van der Waals surface area contributed by atoms with Crippen LogP contribution < -0.4 is 5.73 Å². The standard InChI is InChI=1S/C5H7F3N4.ClH/c1-12-3(2-9)10-4(11-12)5(6,7)8;/h2,9H2,1H3;1H. The first-order valence-corrected chi connectivity index (χ1v) is 3.12. The van der Waals surface area contributed by atoms with Crippen LogP contribution in [0, 0.1) is 0 Å². The smallest absolute Gasteiger partial charge is 0.324 e.